The minimum atomic E-state index is -0.322. The van der Waals surface area contributed by atoms with Crippen molar-refractivity contribution < 1.29 is 5.11 Å². The van der Waals surface area contributed by atoms with Crippen molar-refractivity contribution in [2.45, 2.75) is 50.7 Å². The maximum absolute atomic E-state index is 10.1. The summed E-state index contributed by atoms with van der Waals surface area (Å²) >= 11 is 0. The Labute approximate surface area is 111 Å². The molecule has 1 aliphatic carbocycles. The SMILES string of the molecule is CN(CCC(O)c1ccccc1)C1CCCCC1. The van der Waals surface area contributed by atoms with Gasteiger partial charge in [0.25, 0.3) is 0 Å². The Bertz CT molecular complexity index is 332. The van der Waals surface area contributed by atoms with E-state index in [1.807, 2.05) is 30.3 Å². The largest absolute Gasteiger partial charge is 0.388 e. The molecule has 0 amide bonds. The van der Waals surface area contributed by atoms with Crippen molar-refractivity contribution in [1.29, 1.82) is 0 Å². The summed E-state index contributed by atoms with van der Waals surface area (Å²) in [5, 5.41) is 10.1. The van der Waals surface area contributed by atoms with Crippen LogP contribution in [-0.2, 0) is 0 Å². The minimum absolute atomic E-state index is 0.322. The molecule has 0 aromatic heterocycles. The normalized spacial score (nSPS) is 19.1. The Balaban J connectivity index is 1.76. The summed E-state index contributed by atoms with van der Waals surface area (Å²) in [4.78, 5) is 2.44. The van der Waals surface area contributed by atoms with Gasteiger partial charge in [-0.05, 0) is 31.9 Å². The first-order chi connectivity index (χ1) is 8.77. The molecule has 0 spiro atoms. The smallest absolute Gasteiger partial charge is 0.0802 e. The first-order valence-electron chi connectivity index (χ1n) is 7.20. The molecule has 1 unspecified atom stereocenters. The van der Waals surface area contributed by atoms with Gasteiger partial charge in [0.15, 0.2) is 0 Å². The molecule has 1 fully saturated rings. The predicted octanol–water partition coefficient (Wildman–Crippen LogP) is 3.37. The first-order valence-corrected chi connectivity index (χ1v) is 7.20. The highest BCUT2D eigenvalue weighted by molar-refractivity contribution is 5.17. The molecule has 1 atom stereocenters. The number of benzene rings is 1. The molecule has 1 N–H and O–H groups in total. The Kier molecular flexibility index (Phi) is 5.21. The van der Waals surface area contributed by atoms with Gasteiger partial charge >= 0.3 is 0 Å². The van der Waals surface area contributed by atoms with Crippen molar-refractivity contribution in [3.8, 4) is 0 Å². The summed E-state index contributed by atoms with van der Waals surface area (Å²) in [7, 11) is 2.20. The molecule has 18 heavy (non-hydrogen) atoms. The second-order valence-corrected chi connectivity index (χ2v) is 5.49. The predicted molar refractivity (Wildman–Crippen MR) is 75.5 cm³/mol. The van der Waals surface area contributed by atoms with Crippen molar-refractivity contribution in [3.63, 3.8) is 0 Å². The van der Waals surface area contributed by atoms with E-state index in [1.165, 1.54) is 32.1 Å². The van der Waals surface area contributed by atoms with Gasteiger partial charge in [0.2, 0.25) is 0 Å². The first kappa shape index (κ1) is 13.6. The van der Waals surface area contributed by atoms with Crippen molar-refractivity contribution in [3.05, 3.63) is 35.9 Å². The maximum atomic E-state index is 10.1. The number of aliphatic hydroxyl groups excluding tert-OH is 1. The molecule has 100 valence electrons. The average Bonchev–Trinajstić information content (AvgIpc) is 2.46. The third-order valence-electron chi connectivity index (χ3n) is 4.14. The molecule has 0 radical (unpaired) electrons. The van der Waals surface area contributed by atoms with Crippen LogP contribution in [0.1, 0.15) is 50.2 Å². The molecular weight excluding hydrogens is 222 g/mol. The van der Waals surface area contributed by atoms with E-state index >= 15 is 0 Å². The zero-order chi connectivity index (χ0) is 12.8. The van der Waals surface area contributed by atoms with Crippen molar-refractivity contribution in [2.75, 3.05) is 13.6 Å². The lowest BCUT2D eigenvalue weighted by Crippen LogP contribution is -2.34. The quantitative estimate of drug-likeness (QED) is 0.862. The molecule has 2 rings (SSSR count). The highest BCUT2D eigenvalue weighted by Crippen LogP contribution is 2.23. The topological polar surface area (TPSA) is 23.5 Å². The highest BCUT2D eigenvalue weighted by atomic mass is 16.3. The van der Waals surface area contributed by atoms with Gasteiger partial charge in [-0.25, -0.2) is 0 Å². The summed E-state index contributed by atoms with van der Waals surface area (Å²) in [5.41, 5.74) is 1.04. The Morgan fingerprint density at radius 3 is 2.50 bits per heavy atom. The average molecular weight is 247 g/mol. The fraction of sp³-hybridized carbons (Fsp3) is 0.625. The van der Waals surface area contributed by atoms with Gasteiger partial charge in [-0.15, -0.1) is 0 Å². The lowest BCUT2D eigenvalue weighted by atomic mass is 9.94. The molecule has 2 nitrogen and oxygen atoms in total. The fourth-order valence-corrected chi connectivity index (χ4v) is 2.87. The summed E-state index contributed by atoms with van der Waals surface area (Å²) in [6, 6.07) is 10.7. The minimum Gasteiger partial charge on any atom is -0.388 e. The van der Waals surface area contributed by atoms with Crippen molar-refractivity contribution in [1.82, 2.24) is 4.90 Å². The fourth-order valence-electron chi connectivity index (χ4n) is 2.87. The van der Waals surface area contributed by atoms with E-state index in [1.54, 1.807) is 0 Å². The molecule has 0 aliphatic heterocycles. The molecule has 0 heterocycles. The van der Waals surface area contributed by atoms with Crippen LogP contribution in [0.4, 0.5) is 0 Å². The number of hydrogen-bond acceptors (Lipinski definition) is 2. The van der Waals surface area contributed by atoms with Gasteiger partial charge in [-0.1, -0.05) is 49.6 Å². The second-order valence-electron chi connectivity index (χ2n) is 5.49. The molecule has 1 aromatic rings. The van der Waals surface area contributed by atoms with Crippen LogP contribution in [0.15, 0.2) is 30.3 Å². The zero-order valence-corrected chi connectivity index (χ0v) is 11.4. The van der Waals surface area contributed by atoms with Gasteiger partial charge in [-0.2, -0.15) is 0 Å². The van der Waals surface area contributed by atoms with E-state index < -0.39 is 0 Å². The third-order valence-corrected chi connectivity index (χ3v) is 4.14. The van der Waals surface area contributed by atoms with E-state index in [4.69, 9.17) is 0 Å². The Hall–Kier alpha value is -0.860. The number of nitrogens with zero attached hydrogens (tertiary/aromatic N) is 1. The van der Waals surface area contributed by atoms with Crippen LogP contribution < -0.4 is 0 Å². The molecule has 2 heteroatoms. The number of hydrogen-bond donors (Lipinski definition) is 1. The van der Waals surface area contributed by atoms with E-state index in [0.29, 0.717) is 0 Å². The van der Waals surface area contributed by atoms with Crippen LogP contribution in [0.25, 0.3) is 0 Å². The lowest BCUT2D eigenvalue weighted by molar-refractivity contribution is 0.125. The lowest BCUT2D eigenvalue weighted by Gasteiger charge is -2.31. The van der Waals surface area contributed by atoms with E-state index in [9.17, 15) is 5.11 Å². The molecular formula is C16H25NO. The van der Waals surface area contributed by atoms with Crippen LogP contribution in [0.2, 0.25) is 0 Å². The van der Waals surface area contributed by atoms with E-state index in [0.717, 1.165) is 24.6 Å². The van der Waals surface area contributed by atoms with Crippen LogP contribution in [-0.4, -0.2) is 29.6 Å². The number of rotatable bonds is 5. The van der Waals surface area contributed by atoms with Gasteiger partial charge in [0, 0.05) is 12.6 Å². The Morgan fingerprint density at radius 1 is 1.17 bits per heavy atom. The van der Waals surface area contributed by atoms with Gasteiger partial charge in [-0.3, -0.25) is 0 Å². The van der Waals surface area contributed by atoms with Crippen LogP contribution >= 0.6 is 0 Å². The number of aliphatic hydroxyl groups is 1. The van der Waals surface area contributed by atoms with Crippen LogP contribution in [0, 0.1) is 0 Å². The zero-order valence-electron chi connectivity index (χ0n) is 11.4. The van der Waals surface area contributed by atoms with Gasteiger partial charge in [0.1, 0.15) is 0 Å². The highest BCUT2D eigenvalue weighted by Gasteiger charge is 2.18. The molecule has 0 bridgehead atoms. The molecule has 1 aromatic carbocycles. The molecule has 0 saturated heterocycles. The standard InChI is InChI=1S/C16H25NO/c1-17(15-10-6-3-7-11-15)13-12-16(18)14-8-4-2-5-9-14/h2,4-5,8-9,15-16,18H,3,6-7,10-13H2,1H3. The Morgan fingerprint density at radius 2 is 1.83 bits per heavy atom. The van der Waals surface area contributed by atoms with Crippen molar-refractivity contribution in [2.24, 2.45) is 0 Å². The third kappa shape index (κ3) is 3.82. The summed E-state index contributed by atoms with van der Waals surface area (Å²) in [5.74, 6) is 0. The monoisotopic (exact) mass is 247 g/mol. The summed E-state index contributed by atoms with van der Waals surface area (Å²) in [6.45, 7) is 0.987. The molecule has 1 aliphatic rings. The van der Waals surface area contributed by atoms with Gasteiger partial charge < -0.3 is 10.0 Å². The van der Waals surface area contributed by atoms with E-state index in [-0.39, 0.29) is 6.10 Å². The van der Waals surface area contributed by atoms with Crippen LogP contribution in [0.5, 0.6) is 0 Å². The summed E-state index contributed by atoms with van der Waals surface area (Å²) < 4.78 is 0. The maximum Gasteiger partial charge on any atom is 0.0802 e. The van der Waals surface area contributed by atoms with Gasteiger partial charge in [0.05, 0.1) is 6.10 Å². The van der Waals surface area contributed by atoms with Crippen LogP contribution in [0.3, 0.4) is 0 Å². The van der Waals surface area contributed by atoms with Crippen molar-refractivity contribution >= 4 is 0 Å². The second kappa shape index (κ2) is 6.91. The molecule has 1 saturated carbocycles. The van der Waals surface area contributed by atoms with E-state index in [2.05, 4.69) is 11.9 Å². The summed E-state index contributed by atoms with van der Waals surface area (Å²) in [6.07, 6.45) is 7.31.